The van der Waals surface area contributed by atoms with Crippen LogP contribution >= 0.6 is 0 Å². The Morgan fingerprint density at radius 1 is 1.35 bits per heavy atom. The topological polar surface area (TPSA) is 49.3 Å². The van der Waals surface area contributed by atoms with Crippen molar-refractivity contribution in [2.75, 3.05) is 13.1 Å². The van der Waals surface area contributed by atoms with E-state index in [2.05, 4.69) is 12.2 Å². The molecule has 1 saturated heterocycles. The molecule has 1 aliphatic rings. The summed E-state index contributed by atoms with van der Waals surface area (Å²) in [6.07, 6.45) is 2.27. The molecule has 3 nitrogen and oxygen atoms in total. The van der Waals surface area contributed by atoms with Crippen LogP contribution in [0.15, 0.2) is 24.3 Å². The number of carboxylic acid groups (broad SMARTS) is 1. The summed E-state index contributed by atoms with van der Waals surface area (Å²) in [5, 5.41) is 12.5. The maximum Gasteiger partial charge on any atom is 0.335 e. The Kier molecular flexibility index (Phi) is 3.79. The summed E-state index contributed by atoms with van der Waals surface area (Å²) in [5.41, 5.74) is 1.44. The molecule has 17 heavy (non-hydrogen) atoms. The smallest absolute Gasteiger partial charge is 0.335 e. The van der Waals surface area contributed by atoms with Crippen LogP contribution in [-0.2, 0) is 0 Å². The molecule has 0 saturated carbocycles. The third kappa shape index (κ3) is 2.67. The van der Waals surface area contributed by atoms with Gasteiger partial charge in [0.1, 0.15) is 0 Å². The minimum Gasteiger partial charge on any atom is -0.478 e. The van der Waals surface area contributed by atoms with E-state index in [4.69, 9.17) is 0 Å². The highest BCUT2D eigenvalue weighted by atomic mass is 16.4. The van der Waals surface area contributed by atoms with Gasteiger partial charge < -0.3 is 10.4 Å². The molecule has 1 aromatic rings. The van der Waals surface area contributed by atoms with Crippen molar-refractivity contribution in [2.45, 2.75) is 25.7 Å². The van der Waals surface area contributed by atoms with E-state index in [1.54, 1.807) is 12.1 Å². The fourth-order valence-electron chi connectivity index (χ4n) is 2.69. The lowest BCUT2D eigenvalue weighted by Crippen LogP contribution is -2.30. The number of aromatic carboxylic acids is 1. The maximum absolute atomic E-state index is 11.2. The molecule has 0 spiro atoms. The van der Waals surface area contributed by atoms with Crippen molar-refractivity contribution >= 4 is 5.97 Å². The molecule has 1 atom stereocenters. The second kappa shape index (κ2) is 5.32. The first-order valence-corrected chi connectivity index (χ1v) is 6.23. The van der Waals surface area contributed by atoms with Gasteiger partial charge in [-0.3, -0.25) is 0 Å². The average Bonchev–Trinajstić information content (AvgIpc) is 2.39. The Morgan fingerprint density at radius 3 is 2.65 bits per heavy atom. The highest BCUT2D eigenvalue weighted by Crippen LogP contribution is 2.32. The minimum absolute atomic E-state index is 0.324. The van der Waals surface area contributed by atoms with E-state index < -0.39 is 5.97 Å². The first-order valence-electron chi connectivity index (χ1n) is 6.23. The van der Waals surface area contributed by atoms with E-state index >= 15 is 0 Å². The minimum atomic E-state index is -0.818. The molecule has 0 bridgehead atoms. The van der Waals surface area contributed by atoms with Crippen molar-refractivity contribution in [2.24, 2.45) is 5.92 Å². The van der Waals surface area contributed by atoms with Gasteiger partial charge in [0.25, 0.3) is 0 Å². The Morgan fingerprint density at radius 2 is 2.00 bits per heavy atom. The molecule has 3 heteroatoms. The number of hydrogen-bond acceptors (Lipinski definition) is 2. The van der Waals surface area contributed by atoms with Crippen LogP contribution < -0.4 is 5.32 Å². The van der Waals surface area contributed by atoms with Crippen molar-refractivity contribution in [3.05, 3.63) is 35.4 Å². The molecule has 92 valence electrons. The lowest BCUT2D eigenvalue weighted by molar-refractivity contribution is 0.0694. The number of carboxylic acids is 1. The van der Waals surface area contributed by atoms with Gasteiger partial charge in [0.05, 0.1) is 5.56 Å². The number of hydrogen-bond donors (Lipinski definition) is 2. The summed E-state index contributed by atoms with van der Waals surface area (Å²) < 4.78 is 0. The summed E-state index contributed by atoms with van der Waals surface area (Å²) in [7, 11) is 0. The summed E-state index contributed by atoms with van der Waals surface area (Å²) in [6, 6.07) is 7.38. The number of benzene rings is 1. The van der Waals surface area contributed by atoms with Gasteiger partial charge in [-0.2, -0.15) is 0 Å². The Balaban J connectivity index is 2.23. The van der Waals surface area contributed by atoms with Crippen LogP contribution in [0.25, 0.3) is 0 Å². The number of nitrogens with one attached hydrogen (secondary N) is 1. The van der Waals surface area contributed by atoms with E-state index in [9.17, 15) is 9.90 Å². The molecule has 1 unspecified atom stereocenters. The van der Waals surface area contributed by atoms with E-state index in [1.165, 1.54) is 0 Å². The Hall–Kier alpha value is -1.35. The molecule has 2 rings (SSSR count). The third-order valence-corrected chi connectivity index (χ3v) is 3.77. The van der Waals surface area contributed by atoms with Crippen molar-refractivity contribution in [3.8, 4) is 0 Å². The fourth-order valence-corrected chi connectivity index (χ4v) is 2.69. The molecule has 1 aliphatic heterocycles. The summed E-state index contributed by atoms with van der Waals surface area (Å²) in [6.45, 7) is 4.24. The first-order chi connectivity index (χ1) is 8.20. The molecule has 2 N–H and O–H groups in total. The molecule has 1 heterocycles. The lowest BCUT2D eigenvalue weighted by Gasteiger charge is -2.29. The predicted octanol–water partition coefficient (Wildman–Crippen LogP) is 2.49. The van der Waals surface area contributed by atoms with Crippen LogP contribution in [0, 0.1) is 5.92 Å². The SMILES string of the molecule is CC(c1ccccc1C(=O)O)C1CCNCC1. The molecule has 1 fully saturated rings. The van der Waals surface area contributed by atoms with Crippen LogP contribution in [0.4, 0.5) is 0 Å². The zero-order valence-corrected chi connectivity index (χ0v) is 10.1. The molecule has 0 radical (unpaired) electrons. The van der Waals surface area contributed by atoms with Gasteiger partial charge in [-0.25, -0.2) is 4.79 Å². The van der Waals surface area contributed by atoms with Gasteiger partial charge in [0.2, 0.25) is 0 Å². The van der Waals surface area contributed by atoms with Gasteiger partial charge in [-0.1, -0.05) is 25.1 Å². The number of rotatable bonds is 3. The van der Waals surface area contributed by atoms with E-state index in [0.29, 0.717) is 17.4 Å². The monoisotopic (exact) mass is 233 g/mol. The van der Waals surface area contributed by atoms with Crippen molar-refractivity contribution < 1.29 is 9.90 Å². The number of piperidine rings is 1. The van der Waals surface area contributed by atoms with Crippen LogP contribution in [0.2, 0.25) is 0 Å². The molecular weight excluding hydrogens is 214 g/mol. The highest BCUT2D eigenvalue weighted by molar-refractivity contribution is 5.89. The largest absolute Gasteiger partial charge is 0.478 e. The predicted molar refractivity (Wildman–Crippen MR) is 67.4 cm³/mol. The fraction of sp³-hybridized carbons (Fsp3) is 0.500. The standard InChI is InChI=1S/C14H19NO2/c1-10(11-6-8-15-9-7-11)12-4-2-3-5-13(12)14(16)17/h2-5,10-11,15H,6-9H2,1H3,(H,16,17). The zero-order valence-electron chi connectivity index (χ0n) is 10.1. The molecule has 0 amide bonds. The molecule has 0 aromatic heterocycles. The highest BCUT2D eigenvalue weighted by Gasteiger charge is 2.24. The summed E-state index contributed by atoms with van der Waals surface area (Å²) in [5.74, 6) is 0.0996. The average molecular weight is 233 g/mol. The van der Waals surface area contributed by atoms with Gasteiger partial charge in [0.15, 0.2) is 0 Å². The summed E-state index contributed by atoms with van der Waals surface area (Å²) >= 11 is 0. The van der Waals surface area contributed by atoms with Gasteiger partial charge in [-0.15, -0.1) is 0 Å². The first kappa shape index (κ1) is 12.1. The quantitative estimate of drug-likeness (QED) is 0.843. The van der Waals surface area contributed by atoms with Gasteiger partial charge in [-0.05, 0) is 49.4 Å². The Labute approximate surface area is 102 Å². The van der Waals surface area contributed by atoms with Crippen LogP contribution in [0.3, 0.4) is 0 Å². The molecule has 0 aliphatic carbocycles. The zero-order chi connectivity index (χ0) is 12.3. The summed E-state index contributed by atoms with van der Waals surface area (Å²) in [4.78, 5) is 11.2. The van der Waals surface area contributed by atoms with Crippen LogP contribution in [0.5, 0.6) is 0 Å². The maximum atomic E-state index is 11.2. The van der Waals surface area contributed by atoms with Crippen molar-refractivity contribution in [1.29, 1.82) is 0 Å². The molecule has 1 aromatic carbocycles. The Bertz CT molecular complexity index is 397. The second-order valence-electron chi connectivity index (χ2n) is 4.77. The van der Waals surface area contributed by atoms with Crippen molar-refractivity contribution in [3.63, 3.8) is 0 Å². The normalized spacial score (nSPS) is 18.9. The van der Waals surface area contributed by atoms with Crippen LogP contribution in [0.1, 0.15) is 41.6 Å². The lowest BCUT2D eigenvalue weighted by atomic mass is 9.80. The van der Waals surface area contributed by atoms with Crippen LogP contribution in [-0.4, -0.2) is 24.2 Å². The van der Waals surface area contributed by atoms with E-state index in [0.717, 1.165) is 31.5 Å². The van der Waals surface area contributed by atoms with Crippen molar-refractivity contribution in [1.82, 2.24) is 5.32 Å². The van der Waals surface area contributed by atoms with E-state index in [1.807, 2.05) is 12.1 Å². The van der Waals surface area contributed by atoms with E-state index in [-0.39, 0.29) is 0 Å². The second-order valence-corrected chi connectivity index (χ2v) is 4.77. The third-order valence-electron chi connectivity index (χ3n) is 3.77. The molecular formula is C14H19NO2. The van der Waals surface area contributed by atoms with Gasteiger partial charge >= 0.3 is 5.97 Å². The van der Waals surface area contributed by atoms with Gasteiger partial charge in [0, 0.05) is 0 Å². The number of carbonyl (C=O) groups is 1.